The topological polar surface area (TPSA) is 9.23 Å². The Labute approximate surface area is 109 Å². The predicted molar refractivity (Wildman–Crippen MR) is 79.3 cm³/mol. The van der Waals surface area contributed by atoms with Crippen molar-refractivity contribution in [2.45, 2.75) is 39.2 Å². The summed E-state index contributed by atoms with van der Waals surface area (Å²) in [5.41, 5.74) is 1.32. The summed E-state index contributed by atoms with van der Waals surface area (Å²) in [7, 11) is 0. The van der Waals surface area contributed by atoms with Crippen LogP contribution in [0, 0.1) is 11.8 Å². The van der Waals surface area contributed by atoms with Gasteiger partial charge in [0.1, 0.15) is 6.10 Å². The molecule has 1 rings (SSSR count). The Balaban J connectivity index is 0.00000256. The Kier molecular flexibility index (Phi) is 9.83. The Morgan fingerprint density at radius 2 is 1.88 bits per heavy atom. The molecule has 0 aromatic heterocycles. The monoisotopic (exact) mass is 250 g/mol. The van der Waals surface area contributed by atoms with Crippen molar-refractivity contribution in [1.82, 2.24) is 0 Å². The molecule has 0 aliphatic heterocycles. The van der Waals surface area contributed by atoms with E-state index in [0.29, 0.717) is 0 Å². The van der Waals surface area contributed by atoms with Crippen LogP contribution in [0.5, 0.6) is 0 Å². The number of benzene rings is 1. The smallest absolute Gasteiger partial charge is 0.117 e. The van der Waals surface area contributed by atoms with Gasteiger partial charge in [0, 0.05) is 6.42 Å². The molecule has 1 aromatic rings. The normalized spacial score (nSPS) is 10.9. The highest BCUT2D eigenvalue weighted by Crippen LogP contribution is 2.02. The average Bonchev–Trinajstić information content (AvgIpc) is 2.35. The Morgan fingerprint density at radius 3 is 2.47 bits per heavy atom. The van der Waals surface area contributed by atoms with Crippen LogP contribution in [0.1, 0.15) is 32.3 Å². The number of rotatable bonds is 5. The van der Waals surface area contributed by atoms with Gasteiger partial charge in [-0.3, -0.25) is 0 Å². The molecule has 94 valence electrons. The molecule has 2 heteroatoms. The minimum atomic E-state index is 0. The number of hydrogen-bond donors (Lipinski definition) is 0. The van der Waals surface area contributed by atoms with Gasteiger partial charge in [0.05, 0.1) is 6.61 Å². The summed E-state index contributed by atoms with van der Waals surface area (Å²) >= 11 is 0. The highest BCUT2D eigenvalue weighted by atomic mass is 31.0. The second-order valence-electron chi connectivity index (χ2n) is 3.68. The highest BCUT2D eigenvalue weighted by Gasteiger charge is 2.01. The lowest BCUT2D eigenvalue weighted by atomic mass is 10.2. The second-order valence-corrected chi connectivity index (χ2v) is 3.68. The summed E-state index contributed by atoms with van der Waals surface area (Å²) in [6.45, 7) is 4.92. The molecule has 0 spiro atoms. The van der Waals surface area contributed by atoms with Crippen molar-refractivity contribution < 1.29 is 4.74 Å². The van der Waals surface area contributed by atoms with Crippen LogP contribution >= 0.6 is 9.90 Å². The van der Waals surface area contributed by atoms with Crippen LogP contribution in [0.3, 0.4) is 0 Å². The minimum Gasteiger partial charge on any atom is -0.365 e. The fourth-order valence-corrected chi connectivity index (χ4v) is 1.44. The van der Waals surface area contributed by atoms with Gasteiger partial charge < -0.3 is 4.74 Å². The summed E-state index contributed by atoms with van der Waals surface area (Å²) < 4.78 is 5.72. The lowest BCUT2D eigenvalue weighted by Gasteiger charge is -2.09. The van der Waals surface area contributed by atoms with Crippen molar-refractivity contribution in [3.8, 4) is 11.8 Å². The third-order valence-electron chi connectivity index (χ3n) is 2.36. The van der Waals surface area contributed by atoms with Crippen molar-refractivity contribution in [1.29, 1.82) is 0 Å². The van der Waals surface area contributed by atoms with Crippen molar-refractivity contribution in [3.63, 3.8) is 0 Å². The van der Waals surface area contributed by atoms with Crippen molar-refractivity contribution in [2.75, 3.05) is 6.61 Å². The maximum absolute atomic E-state index is 5.72. The SMILES string of the molecule is CCC#CC(CC)OCCc1ccccc1.P. The molecule has 1 nitrogen and oxygen atoms in total. The lowest BCUT2D eigenvalue weighted by Crippen LogP contribution is -2.11. The van der Waals surface area contributed by atoms with Gasteiger partial charge in [0.2, 0.25) is 0 Å². The third-order valence-corrected chi connectivity index (χ3v) is 2.36. The van der Waals surface area contributed by atoms with Gasteiger partial charge >= 0.3 is 0 Å². The van der Waals surface area contributed by atoms with Crippen LogP contribution in [0.15, 0.2) is 30.3 Å². The largest absolute Gasteiger partial charge is 0.365 e. The van der Waals surface area contributed by atoms with E-state index in [1.165, 1.54) is 5.56 Å². The van der Waals surface area contributed by atoms with Crippen molar-refractivity contribution >= 4 is 9.90 Å². The summed E-state index contributed by atoms with van der Waals surface area (Å²) in [4.78, 5) is 0. The van der Waals surface area contributed by atoms with Crippen LogP contribution in [0.25, 0.3) is 0 Å². The van der Waals surface area contributed by atoms with E-state index < -0.39 is 0 Å². The molecule has 0 saturated heterocycles. The Bertz CT molecular complexity index is 337. The van der Waals surface area contributed by atoms with Gasteiger partial charge in [-0.05, 0) is 18.4 Å². The molecular formula is C15H23OP. The lowest BCUT2D eigenvalue weighted by molar-refractivity contribution is 0.0915. The second kappa shape index (κ2) is 10.3. The van der Waals surface area contributed by atoms with E-state index in [2.05, 4.69) is 50.0 Å². The van der Waals surface area contributed by atoms with Crippen LogP contribution in [0.2, 0.25) is 0 Å². The zero-order valence-electron chi connectivity index (χ0n) is 10.9. The van der Waals surface area contributed by atoms with E-state index in [4.69, 9.17) is 4.74 Å². The summed E-state index contributed by atoms with van der Waals surface area (Å²) in [5, 5.41) is 0. The fraction of sp³-hybridized carbons (Fsp3) is 0.467. The van der Waals surface area contributed by atoms with Crippen LogP contribution < -0.4 is 0 Å². The molecule has 0 aliphatic carbocycles. The molecule has 0 heterocycles. The Morgan fingerprint density at radius 1 is 1.18 bits per heavy atom. The molecule has 2 atom stereocenters. The Hall–Kier alpha value is -0.830. The molecule has 0 saturated carbocycles. The van der Waals surface area contributed by atoms with E-state index >= 15 is 0 Å². The first-order chi connectivity index (χ1) is 7.86. The number of hydrogen-bond acceptors (Lipinski definition) is 1. The molecule has 2 unspecified atom stereocenters. The molecule has 0 N–H and O–H groups in total. The van der Waals surface area contributed by atoms with Gasteiger partial charge in [0.25, 0.3) is 0 Å². The zero-order valence-corrected chi connectivity index (χ0v) is 12.3. The molecule has 0 aliphatic rings. The molecule has 0 radical (unpaired) electrons. The van der Waals surface area contributed by atoms with Crippen molar-refractivity contribution in [3.05, 3.63) is 35.9 Å². The molecule has 1 aromatic carbocycles. The number of ether oxygens (including phenoxy) is 1. The first kappa shape index (κ1) is 16.2. The van der Waals surface area contributed by atoms with Gasteiger partial charge in [-0.1, -0.05) is 50.1 Å². The molecular weight excluding hydrogens is 227 g/mol. The minimum absolute atomic E-state index is 0. The van der Waals surface area contributed by atoms with Crippen LogP contribution in [-0.2, 0) is 11.2 Å². The maximum Gasteiger partial charge on any atom is 0.117 e. The first-order valence-electron chi connectivity index (χ1n) is 6.00. The third kappa shape index (κ3) is 7.16. The predicted octanol–water partition coefficient (Wildman–Crippen LogP) is 3.50. The van der Waals surface area contributed by atoms with E-state index in [9.17, 15) is 0 Å². The standard InChI is InChI=1S/C15H20O.H3P/c1-3-5-11-15(4-2)16-13-12-14-9-7-6-8-10-14;/h6-10,15H,3-4,12-13H2,1-2H3;1H3. The first-order valence-corrected chi connectivity index (χ1v) is 6.00. The molecule has 17 heavy (non-hydrogen) atoms. The quantitative estimate of drug-likeness (QED) is 0.574. The van der Waals surface area contributed by atoms with Gasteiger partial charge in [-0.25, -0.2) is 0 Å². The van der Waals surface area contributed by atoms with E-state index in [0.717, 1.165) is 25.9 Å². The van der Waals surface area contributed by atoms with Gasteiger partial charge in [-0.15, -0.1) is 5.92 Å². The fourth-order valence-electron chi connectivity index (χ4n) is 1.44. The van der Waals surface area contributed by atoms with Crippen LogP contribution in [-0.4, -0.2) is 12.7 Å². The average molecular weight is 250 g/mol. The highest BCUT2D eigenvalue weighted by molar-refractivity contribution is 6.92. The van der Waals surface area contributed by atoms with Crippen molar-refractivity contribution in [2.24, 2.45) is 0 Å². The maximum atomic E-state index is 5.72. The van der Waals surface area contributed by atoms with E-state index in [1.807, 2.05) is 6.07 Å². The summed E-state index contributed by atoms with van der Waals surface area (Å²) in [6.07, 6.45) is 2.93. The molecule has 0 bridgehead atoms. The van der Waals surface area contributed by atoms with E-state index in [1.54, 1.807) is 0 Å². The molecule has 0 fully saturated rings. The summed E-state index contributed by atoms with van der Waals surface area (Å²) in [6, 6.07) is 10.4. The van der Waals surface area contributed by atoms with Gasteiger partial charge in [0.15, 0.2) is 0 Å². The molecule has 0 amide bonds. The van der Waals surface area contributed by atoms with Crippen LogP contribution in [0.4, 0.5) is 0 Å². The zero-order chi connectivity index (χ0) is 11.6. The van der Waals surface area contributed by atoms with E-state index in [-0.39, 0.29) is 16.0 Å². The van der Waals surface area contributed by atoms with Gasteiger partial charge in [-0.2, -0.15) is 9.90 Å². The summed E-state index contributed by atoms with van der Waals surface area (Å²) in [5.74, 6) is 6.21.